The molecular weight excluding hydrogens is 741 g/mol. The first-order chi connectivity index (χ1) is 26.1. The molecule has 4 aromatic heterocycles. The second kappa shape index (κ2) is 17.5. The predicted molar refractivity (Wildman–Crippen MR) is 198 cm³/mol. The van der Waals surface area contributed by atoms with Gasteiger partial charge in [0.25, 0.3) is 0 Å². The Morgan fingerprint density at radius 2 is 1.39 bits per heavy atom. The average molecular weight is 785 g/mol. The normalized spacial score (nSPS) is 18.1. The number of carbonyl (C=O) groups is 4. The number of hydrogen-bond donors (Lipinski definition) is 4. The molecule has 20 heteroatoms. The molecule has 18 nitrogen and oxygen atoms in total. The van der Waals surface area contributed by atoms with Gasteiger partial charge in [-0.3, -0.25) is 14.5 Å². The minimum atomic E-state index is -1.17. The number of amides is 4. The highest BCUT2D eigenvalue weighted by Crippen LogP contribution is 2.39. The summed E-state index contributed by atoms with van der Waals surface area (Å²) in [6.07, 6.45) is 8.82. The molecule has 0 unspecified atom stereocenters. The first-order valence-electron chi connectivity index (χ1n) is 17.6. The van der Waals surface area contributed by atoms with E-state index in [1.807, 2.05) is 0 Å². The van der Waals surface area contributed by atoms with E-state index >= 15 is 0 Å². The van der Waals surface area contributed by atoms with Crippen molar-refractivity contribution in [3.05, 3.63) is 36.4 Å². The smallest absolute Gasteiger partial charge is 0.407 e. The zero-order chi connectivity index (χ0) is 38.4. The molecule has 54 heavy (non-hydrogen) atoms. The van der Waals surface area contributed by atoms with Crippen molar-refractivity contribution in [2.24, 2.45) is 0 Å². The maximum atomic E-state index is 13.6. The molecule has 2 aliphatic heterocycles. The van der Waals surface area contributed by atoms with Crippen LogP contribution in [0.2, 0.25) is 0 Å². The number of hydrogen-bond acceptors (Lipinski definition) is 13. The molecule has 4 N–H and O–H groups in total. The number of rotatable bonds is 15. The van der Waals surface area contributed by atoms with Crippen LogP contribution in [-0.4, -0.2) is 140 Å². The number of likely N-dealkylation sites (N-methyl/N-ethyl adjacent to an activating group) is 1. The number of carboxylic acid groups (broad SMARTS) is 1. The van der Waals surface area contributed by atoms with Crippen LogP contribution in [0.5, 0.6) is 0 Å². The Bertz CT molecular complexity index is 1930. The summed E-state index contributed by atoms with van der Waals surface area (Å²) in [7, 11) is 5.72. The SMILES string of the molecule is COCC[C@H](NC(=O)OC)C(=O)N1CCC[C@H]1c1nc(-c2ncc(-c3cnc(-c4c[nH]c([C@@H]5CCCN5C(=O)[C@H](CCOC)N(C)C(=O)O)n4)s3)s2)c[nH]1. The van der Waals surface area contributed by atoms with Crippen molar-refractivity contribution in [2.45, 2.75) is 62.7 Å². The van der Waals surface area contributed by atoms with Crippen molar-refractivity contribution in [1.29, 1.82) is 0 Å². The van der Waals surface area contributed by atoms with E-state index in [1.54, 1.807) is 41.7 Å². The molecule has 0 bridgehead atoms. The van der Waals surface area contributed by atoms with Crippen molar-refractivity contribution >= 4 is 46.7 Å². The molecule has 0 saturated carbocycles. The number of likely N-dealkylation sites (tertiary alicyclic amines) is 2. The van der Waals surface area contributed by atoms with E-state index in [-0.39, 0.29) is 36.9 Å². The predicted octanol–water partition coefficient (Wildman–Crippen LogP) is 4.15. The lowest BCUT2D eigenvalue weighted by Gasteiger charge is -2.31. The molecule has 0 spiro atoms. The van der Waals surface area contributed by atoms with Gasteiger partial charge in [0.1, 0.15) is 45.1 Å². The van der Waals surface area contributed by atoms with Crippen LogP contribution < -0.4 is 5.32 Å². The fourth-order valence-corrected chi connectivity index (χ4v) is 8.62. The van der Waals surface area contributed by atoms with Crippen LogP contribution in [0.25, 0.3) is 31.2 Å². The molecule has 290 valence electrons. The third kappa shape index (κ3) is 8.40. The van der Waals surface area contributed by atoms with Crippen molar-refractivity contribution < 1.29 is 38.5 Å². The molecule has 4 aromatic rings. The average Bonchev–Trinajstić information content (AvgIpc) is 4.02. The number of aromatic amines is 2. The molecule has 2 saturated heterocycles. The quantitative estimate of drug-likeness (QED) is 0.134. The van der Waals surface area contributed by atoms with Gasteiger partial charge in [-0.05, 0) is 25.7 Å². The summed E-state index contributed by atoms with van der Waals surface area (Å²) in [6, 6.07) is -2.25. The highest BCUT2D eigenvalue weighted by atomic mass is 32.1. The molecule has 4 amide bonds. The van der Waals surface area contributed by atoms with Gasteiger partial charge in [-0.15, -0.1) is 22.7 Å². The lowest BCUT2D eigenvalue weighted by atomic mass is 10.1. The van der Waals surface area contributed by atoms with Crippen LogP contribution in [0.15, 0.2) is 24.8 Å². The monoisotopic (exact) mass is 784 g/mol. The summed E-state index contributed by atoms with van der Waals surface area (Å²) in [5.74, 6) is 0.780. The van der Waals surface area contributed by atoms with Crippen molar-refractivity contribution in [3.8, 4) is 31.2 Å². The summed E-state index contributed by atoms with van der Waals surface area (Å²) in [4.78, 5) is 82.5. The maximum absolute atomic E-state index is 13.6. The minimum Gasteiger partial charge on any atom is -0.465 e. The number of alkyl carbamates (subject to hydrolysis) is 1. The zero-order valence-corrected chi connectivity index (χ0v) is 32.1. The summed E-state index contributed by atoms with van der Waals surface area (Å²) >= 11 is 2.93. The second-order valence-corrected chi connectivity index (χ2v) is 15.0. The zero-order valence-electron chi connectivity index (χ0n) is 30.4. The molecule has 6 rings (SSSR count). The lowest BCUT2D eigenvalue weighted by Crippen LogP contribution is -2.49. The van der Waals surface area contributed by atoms with E-state index in [9.17, 15) is 24.3 Å². The molecule has 0 radical (unpaired) electrons. The lowest BCUT2D eigenvalue weighted by molar-refractivity contribution is -0.137. The summed E-state index contributed by atoms with van der Waals surface area (Å²) in [5, 5.41) is 13.6. The topological polar surface area (TPSA) is 221 Å². The first-order valence-corrected chi connectivity index (χ1v) is 19.2. The van der Waals surface area contributed by atoms with E-state index in [1.165, 1.54) is 43.9 Å². The standard InChI is InChI=1S/C34H44N10O8S2/c1-42(34(48)49)24(10-14-51-3)32(46)44-12-6-8-23(44)28-36-16-21(40-28)30-38-18-26(54-30)25-17-37-29(53-25)20-15-35-27(39-20)22-7-5-11-43(22)31(45)19(9-13-50-2)41-33(47)52-4/h15-19,22-24H,5-14H2,1-4H3,(H,35,39)(H,36,40)(H,41,47)(H,48,49)/t19-,22-,23-,24-/m0/s1. The Kier molecular flexibility index (Phi) is 12.6. The number of aromatic nitrogens is 6. The van der Waals surface area contributed by atoms with Gasteiger partial charge in [-0.2, -0.15) is 0 Å². The van der Waals surface area contributed by atoms with E-state index in [4.69, 9.17) is 24.2 Å². The molecule has 4 atom stereocenters. The van der Waals surface area contributed by atoms with Gasteiger partial charge in [0.05, 0.1) is 28.9 Å². The Morgan fingerprint density at radius 3 is 1.89 bits per heavy atom. The second-order valence-electron chi connectivity index (χ2n) is 12.9. The maximum Gasteiger partial charge on any atom is 0.407 e. The Hall–Kier alpha value is -4.92. The van der Waals surface area contributed by atoms with Crippen LogP contribution in [-0.2, 0) is 23.8 Å². The highest BCUT2D eigenvalue weighted by Gasteiger charge is 2.39. The largest absolute Gasteiger partial charge is 0.465 e. The summed E-state index contributed by atoms with van der Waals surface area (Å²) in [6.45, 7) is 1.59. The van der Waals surface area contributed by atoms with Crippen LogP contribution in [0.3, 0.4) is 0 Å². The van der Waals surface area contributed by atoms with Crippen LogP contribution in [0, 0.1) is 0 Å². The van der Waals surface area contributed by atoms with Gasteiger partial charge in [-0.25, -0.2) is 29.5 Å². The molecule has 6 heterocycles. The van der Waals surface area contributed by atoms with Crippen LogP contribution in [0.1, 0.15) is 62.3 Å². The number of thiazole rings is 2. The van der Waals surface area contributed by atoms with Crippen LogP contribution in [0.4, 0.5) is 9.59 Å². The van der Waals surface area contributed by atoms with E-state index < -0.39 is 24.3 Å². The van der Waals surface area contributed by atoms with Gasteiger partial charge < -0.3 is 44.4 Å². The number of ether oxygens (including phenoxy) is 3. The number of imidazole rings is 2. The van der Waals surface area contributed by atoms with E-state index in [0.717, 1.165) is 33.9 Å². The highest BCUT2D eigenvalue weighted by molar-refractivity contribution is 7.24. The minimum absolute atomic E-state index is 0.219. The Morgan fingerprint density at radius 1 is 0.870 bits per heavy atom. The third-order valence-corrected chi connectivity index (χ3v) is 11.9. The number of carbonyl (C=O) groups excluding carboxylic acids is 3. The van der Waals surface area contributed by atoms with Gasteiger partial charge in [0, 0.05) is 85.2 Å². The van der Waals surface area contributed by atoms with Gasteiger partial charge in [0.15, 0.2) is 0 Å². The third-order valence-electron chi connectivity index (χ3n) is 9.63. The van der Waals surface area contributed by atoms with E-state index in [0.29, 0.717) is 65.6 Å². The van der Waals surface area contributed by atoms with E-state index in [2.05, 4.69) is 25.3 Å². The Labute approximate surface area is 319 Å². The van der Waals surface area contributed by atoms with Gasteiger partial charge >= 0.3 is 12.2 Å². The van der Waals surface area contributed by atoms with Crippen molar-refractivity contribution in [2.75, 3.05) is 54.7 Å². The van der Waals surface area contributed by atoms with Crippen molar-refractivity contribution in [1.82, 2.24) is 49.9 Å². The molecule has 0 aliphatic carbocycles. The molecule has 2 aliphatic rings. The van der Waals surface area contributed by atoms with Gasteiger partial charge in [0.2, 0.25) is 11.8 Å². The summed E-state index contributed by atoms with van der Waals surface area (Å²) in [5.41, 5.74) is 1.29. The number of nitrogens with zero attached hydrogens (tertiary/aromatic N) is 7. The number of methoxy groups -OCH3 is 3. The summed E-state index contributed by atoms with van der Waals surface area (Å²) < 4.78 is 15.0. The number of nitrogens with one attached hydrogen (secondary N) is 3. The first kappa shape index (κ1) is 38.8. The molecule has 0 aromatic carbocycles. The Balaban J connectivity index is 1.13. The van der Waals surface area contributed by atoms with Gasteiger partial charge in [-0.1, -0.05) is 0 Å². The van der Waals surface area contributed by atoms with Crippen molar-refractivity contribution in [3.63, 3.8) is 0 Å². The number of H-pyrrole nitrogens is 2. The fourth-order valence-electron chi connectivity index (χ4n) is 6.81. The fraction of sp³-hybridized carbons (Fsp3) is 0.529. The van der Waals surface area contributed by atoms with Crippen LogP contribution >= 0.6 is 22.7 Å². The molecule has 2 fully saturated rings. The molecular formula is C34H44N10O8S2.